The van der Waals surface area contributed by atoms with Crippen LogP contribution in [-0.2, 0) is 11.3 Å². The number of allylic oxidation sites excluding steroid dienone is 1. The molecule has 0 saturated heterocycles. The van der Waals surface area contributed by atoms with Gasteiger partial charge in [-0.25, -0.2) is 4.98 Å². The van der Waals surface area contributed by atoms with Crippen molar-refractivity contribution in [1.29, 1.82) is 0 Å². The third kappa shape index (κ3) is 6.47. The van der Waals surface area contributed by atoms with Gasteiger partial charge in [-0.05, 0) is 32.0 Å². The maximum absolute atomic E-state index is 12.6. The third-order valence-electron chi connectivity index (χ3n) is 5.05. The zero-order valence-corrected chi connectivity index (χ0v) is 22.7. The van der Waals surface area contributed by atoms with Crippen LogP contribution in [0.5, 0.6) is 5.75 Å². The van der Waals surface area contributed by atoms with Gasteiger partial charge in [-0.2, -0.15) is 0 Å². The Morgan fingerprint density at radius 2 is 2.03 bits per heavy atom. The highest BCUT2D eigenvalue weighted by Crippen LogP contribution is 2.32. The lowest BCUT2D eigenvalue weighted by Gasteiger charge is -2.16. The fourth-order valence-corrected chi connectivity index (χ4v) is 5.24. The van der Waals surface area contributed by atoms with E-state index in [0.717, 1.165) is 11.3 Å². The van der Waals surface area contributed by atoms with Gasteiger partial charge in [-0.1, -0.05) is 70.9 Å². The molecule has 2 heterocycles. The maximum atomic E-state index is 12.6. The largest absolute Gasteiger partial charge is 0.481 e. The van der Waals surface area contributed by atoms with E-state index >= 15 is 0 Å². The Bertz CT molecular complexity index is 1370. The van der Waals surface area contributed by atoms with Gasteiger partial charge in [0, 0.05) is 22.5 Å². The van der Waals surface area contributed by atoms with Crippen molar-refractivity contribution in [1.82, 2.24) is 19.7 Å². The minimum Gasteiger partial charge on any atom is -0.481 e. The fraction of sp³-hybridized carbons (Fsp3) is 0.200. The topological polar surface area (TPSA) is 81.9 Å². The van der Waals surface area contributed by atoms with Crippen LogP contribution in [0, 0.1) is 6.92 Å². The lowest BCUT2D eigenvalue weighted by Crippen LogP contribution is -2.15. The van der Waals surface area contributed by atoms with Crippen molar-refractivity contribution in [2.45, 2.75) is 31.7 Å². The van der Waals surface area contributed by atoms with Crippen molar-refractivity contribution in [3.05, 3.63) is 81.9 Å². The SMILES string of the molecule is C=CCn1c(SCC(=O)Nc2nc(-c3ccc(C)cc3)cs2)nnc1C(C)Oc1ccc(Cl)cc1Cl. The van der Waals surface area contributed by atoms with Crippen LogP contribution in [0.3, 0.4) is 0 Å². The molecule has 1 amide bonds. The number of rotatable bonds is 10. The molecule has 0 aliphatic carbocycles. The molecule has 11 heteroatoms. The molecule has 186 valence electrons. The van der Waals surface area contributed by atoms with E-state index in [1.807, 2.05) is 48.1 Å². The molecule has 0 radical (unpaired) electrons. The molecule has 36 heavy (non-hydrogen) atoms. The van der Waals surface area contributed by atoms with Crippen molar-refractivity contribution >= 4 is 57.3 Å². The summed E-state index contributed by atoms with van der Waals surface area (Å²) in [6.07, 6.45) is 1.29. The quantitative estimate of drug-likeness (QED) is 0.165. The Kier molecular flexibility index (Phi) is 8.68. The molecule has 2 aromatic heterocycles. The van der Waals surface area contributed by atoms with Crippen LogP contribution in [0.4, 0.5) is 5.13 Å². The molecule has 4 rings (SSSR count). The Hall–Kier alpha value is -2.85. The zero-order chi connectivity index (χ0) is 25.7. The predicted molar refractivity (Wildman–Crippen MR) is 147 cm³/mol. The van der Waals surface area contributed by atoms with Gasteiger partial charge in [0.25, 0.3) is 0 Å². The normalized spacial score (nSPS) is 11.8. The second kappa shape index (κ2) is 11.9. The molecule has 1 N–H and O–H groups in total. The highest BCUT2D eigenvalue weighted by Gasteiger charge is 2.21. The number of thiazole rings is 1. The molecule has 0 spiro atoms. The Balaban J connectivity index is 1.39. The summed E-state index contributed by atoms with van der Waals surface area (Å²) in [5, 5.41) is 15.4. The number of amides is 1. The van der Waals surface area contributed by atoms with Crippen LogP contribution >= 0.6 is 46.3 Å². The van der Waals surface area contributed by atoms with E-state index in [1.165, 1.54) is 28.7 Å². The first-order chi connectivity index (χ1) is 17.3. The number of anilines is 1. The summed E-state index contributed by atoms with van der Waals surface area (Å²) in [6, 6.07) is 13.1. The van der Waals surface area contributed by atoms with Crippen LogP contribution in [-0.4, -0.2) is 31.4 Å². The number of nitrogens with zero attached hydrogens (tertiary/aromatic N) is 4. The van der Waals surface area contributed by atoms with E-state index < -0.39 is 6.10 Å². The van der Waals surface area contributed by atoms with Gasteiger partial charge in [0.1, 0.15) is 5.75 Å². The first kappa shape index (κ1) is 26.2. The van der Waals surface area contributed by atoms with Crippen LogP contribution < -0.4 is 10.1 Å². The van der Waals surface area contributed by atoms with E-state index in [1.54, 1.807) is 24.3 Å². The molecule has 0 aliphatic rings. The predicted octanol–water partition coefficient (Wildman–Crippen LogP) is 7.07. The van der Waals surface area contributed by atoms with Crippen molar-refractivity contribution in [2.24, 2.45) is 0 Å². The Labute approximate surface area is 227 Å². The maximum Gasteiger partial charge on any atom is 0.236 e. The molecule has 1 unspecified atom stereocenters. The number of carbonyl (C=O) groups excluding carboxylic acids is 1. The highest BCUT2D eigenvalue weighted by atomic mass is 35.5. The van der Waals surface area contributed by atoms with Gasteiger partial charge < -0.3 is 10.1 Å². The van der Waals surface area contributed by atoms with E-state index in [0.29, 0.717) is 38.5 Å². The first-order valence-electron chi connectivity index (χ1n) is 10.9. The second-order valence-electron chi connectivity index (χ2n) is 7.82. The second-order valence-corrected chi connectivity index (χ2v) is 10.5. The van der Waals surface area contributed by atoms with E-state index in [9.17, 15) is 4.79 Å². The Morgan fingerprint density at radius 1 is 1.25 bits per heavy atom. The number of halogens is 2. The van der Waals surface area contributed by atoms with Gasteiger partial charge in [0.05, 0.1) is 16.5 Å². The van der Waals surface area contributed by atoms with Gasteiger partial charge in [-0.3, -0.25) is 9.36 Å². The number of hydrogen-bond donors (Lipinski definition) is 1. The summed E-state index contributed by atoms with van der Waals surface area (Å²) in [7, 11) is 0. The Morgan fingerprint density at radius 3 is 2.75 bits per heavy atom. The van der Waals surface area contributed by atoms with Crippen LogP contribution in [0.15, 0.2) is 65.7 Å². The summed E-state index contributed by atoms with van der Waals surface area (Å²) < 4.78 is 7.85. The molecule has 7 nitrogen and oxygen atoms in total. The average molecular weight is 561 g/mol. The summed E-state index contributed by atoms with van der Waals surface area (Å²) in [4.78, 5) is 17.1. The van der Waals surface area contributed by atoms with Crippen molar-refractivity contribution in [2.75, 3.05) is 11.1 Å². The standard InChI is InChI=1S/C25H23Cl2N5O2S2/c1-4-11-32-23(16(3)34-21-10-9-18(26)12-19(21)27)30-31-25(32)36-14-22(33)29-24-28-20(13-35-24)17-7-5-15(2)6-8-17/h4-10,12-13,16H,1,11,14H2,2-3H3,(H,28,29,33). The van der Waals surface area contributed by atoms with E-state index in [2.05, 4.69) is 27.1 Å². The van der Waals surface area contributed by atoms with Crippen LogP contribution in [0.25, 0.3) is 11.3 Å². The highest BCUT2D eigenvalue weighted by molar-refractivity contribution is 7.99. The molecule has 2 aromatic carbocycles. The van der Waals surface area contributed by atoms with Crippen molar-refractivity contribution < 1.29 is 9.53 Å². The van der Waals surface area contributed by atoms with Crippen LogP contribution in [0.2, 0.25) is 10.0 Å². The lowest BCUT2D eigenvalue weighted by molar-refractivity contribution is -0.113. The average Bonchev–Trinajstić information content (AvgIpc) is 3.47. The monoisotopic (exact) mass is 559 g/mol. The lowest BCUT2D eigenvalue weighted by atomic mass is 10.1. The van der Waals surface area contributed by atoms with Crippen LogP contribution in [0.1, 0.15) is 24.4 Å². The number of carbonyl (C=O) groups is 1. The molecule has 0 fully saturated rings. The number of nitrogens with one attached hydrogen (secondary N) is 1. The number of benzene rings is 2. The summed E-state index contributed by atoms with van der Waals surface area (Å²) in [6.45, 7) is 8.17. The fourth-order valence-electron chi connectivity index (χ4n) is 3.30. The minimum atomic E-state index is -0.449. The minimum absolute atomic E-state index is 0.146. The number of aromatic nitrogens is 4. The smallest absolute Gasteiger partial charge is 0.236 e. The first-order valence-corrected chi connectivity index (χ1v) is 13.6. The number of hydrogen-bond acceptors (Lipinski definition) is 7. The van der Waals surface area contributed by atoms with Gasteiger partial charge >= 0.3 is 0 Å². The van der Waals surface area contributed by atoms with Gasteiger partial charge in [0.15, 0.2) is 22.2 Å². The molecule has 1 atom stereocenters. The number of aryl methyl sites for hydroxylation is 1. The summed E-state index contributed by atoms with van der Waals surface area (Å²) in [5.41, 5.74) is 3.02. The van der Waals surface area contributed by atoms with E-state index in [-0.39, 0.29) is 11.7 Å². The van der Waals surface area contributed by atoms with Crippen molar-refractivity contribution in [3.63, 3.8) is 0 Å². The third-order valence-corrected chi connectivity index (χ3v) is 7.30. The van der Waals surface area contributed by atoms with Crippen molar-refractivity contribution in [3.8, 4) is 17.0 Å². The van der Waals surface area contributed by atoms with Gasteiger partial charge in [-0.15, -0.1) is 28.1 Å². The van der Waals surface area contributed by atoms with Gasteiger partial charge in [0.2, 0.25) is 5.91 Å². The van der Waals surface area contributed by atoms with E-state index in [4.69, 9.17) is 27.9 Å². The molecule has 0 bridgehead atoms. The molecular weight excluding hydrogens is 537 g/mol. The molecule has 0 aliphatic heterocycles. The molecule has 4 aromatic rings. The molecular formula is C25H23Cl2N5O2S2. The number of ether oxygens (including phenoxy) is 1. The summed E-state index contributed by atoms with van der Waals surface area (Å²) in [5.74, 6) is 1.04. The zero-order valence-electron chi connectivity index (χ0n) is 19.6. The summed E-state index contributed by atoms with van der Waals surface area (Å²) >= 11 is 14.9. The molecule has 0 saturated carbocycles. The number of thioether (sulfide) groups is 1.